The van der Waals surface area contributed by atoms with Gasteiger partial charge in [0.05, 0.1) is 6.61 Å². The number of carboxylic acids is 1. The highest BCUT2D eigenvalue weighted by atomic mass is 16.8. The monoisotopic (exact) mass is 668 g/mol. The highest BCUT2D eigenvalue weighted by Crippen LogP contribution is 2.36. The molecule has 0 saturated carbocycles. The second kappa shape index (κ2) is 23.8. The van der Waals surface area contributed by atoms with Gasteiger partial charge in [0.2, 0.25) is 5.79 Å². The predicted octanol–water partition coefficient (Wildman–Crippen LogP) is 1.51. The SMILES string of the molecule is CC(=O)O.CCCCCCCCCCCCCCCCCC(=O)OC[C@H]1O[C@H](O[C@]2(CO)O[C@H](CO)[C@@H](O)[C@@H]2O)[C@H](O)[C@@H](O)[C@@H]1O. The van der Waals surface area contributed by atoms with Gasteiger partial charge in [0.1, 0.15) is 55.9 Å². The summed E-state index contributed by atoms with van der Waals surface area (Å²) in [6, 6.07) is 0. The van der Waals surface area contributed by atoms with Crippen molar-refractivity contribution in [1.82, 2.24) is 0 Å². The van der Waals surface area contributed by atoms with Crippen molar-refractivity contribution in [2.24, 2.45) is 0 Å². The lowest BCUT2D eigenvalue weighted by atomic mass is 9.99. The zero-order chi connectivity index (χ0) is 34.5. The first-order valence-corrected chi connectivity index (χ1v) is 16.9. The van der Waals surface area contributed by atoms with Gasteiger partial charge in [0.25, 0.3) is 5.97 Å². The van der Waals surface area contributed by atoms with E-state index in [4.69, 9.17) is 28.8 Å². The van der Waals surface area contributed by atoms with Gasteiger partial charge in [-0.05, 0) is 6.42 Å². The van der Waals surface area contributed by atoms with Gasteiger partial charge >= 0.3 is 5.97 Å². The van der Waals surface area contributed by atoms with Crippen molar-refractivity contribution in [1.29, 1.82) is 0 Å². The normalized spacial score (nSPS) is 30.9. The summed E-state index contributed by atoms with van der Waals surface area (Å²) in [5.74, 6) is -3.59. The Kier molecular flexibility index (Phi) is 22.0. The molecule has 2 saturated heterocycles. The summed E-state index contributed by atoms with van der Waals surface area (Å²) in [7, 11) is 0. The van der Waals surface area contributed by atoms with Crippen LogP contribution in [0.15, 0.2) is 0 Å². The Morgan fingerprint density at radius 2 is 1.17 bits per heavy atom. The van der Waals surface area contributed by atoms with E-state index in [2.05, 4.69) is 6.92 Å². The molecule has 0 radical (unpaired) electrons. The van der Waals surface area contributed by atoms with E-state index in [9.17, 15) is 40.5 Å². The molecule has 0 unspecified atom stereocenters. The van der Waals surface area contributed by atoms with Crippen LogP contribution in [-0.4, -0.2) is 127 Å². The number of hydrogen-bond acceptors (Lipinski definition) is 13. The maximum absolute atomic E-state index is 12.2. The van der Waals surface area contributed by atoms with Gasteiger partial charge in [-0.3, -0.25) is 9.59 Å². The van der Waals surface area contributed by atoms with Crippen molar-refractivity contribution in [3.05, 3.63) is 0 Å². The molecular weight excluding hydrogens is 608 g/mol. The summed E-state index contributed by atoms with van der Waals surface area (Å²) >= 11 is 0. The minimum absolute atomic E-state index is 0.195. The Labute approximate surface area is 272 Å². The highest BCUT2D eigenvalue weighted by molar-refractivity contribution is 5.69. The minimum atomic E-state index is -2.27. The van der Waals surface area contributed by atoms with Crippen molar-refractivity contribution in [3.63, 3.8) is 0 Å². The molecule has 2 heterocycles. The fourth-order valence-corrected chi connectivity index (χ4v) is 5.51. The third kappa shape index (κ3) is 15.2. The average Bonchev–Trinajstić information content (AvgIpc) is 3.27. The number of unbranched alkanes of at least 4 members (excludes halogenated alkanes) is 14. The van der Waals surface area contributed by atoms with E-state index in [-0.39, 0.29) is 6.42 Å². The number of ether oxygens (including phenoxy) is 4. The van der Waals surface area contributed by atoms with E-state index >= 15 is 0 Å². The second-order valence-electron chi connectivity index (χ2n) is 12.3. The van der Waals surface area contributed by atoms with Crippen molar-refractivity contribution in [2.75, 3.05) is 19.8 Å². The molecule has 2 fully saturated rings. The van der Waals surface area contributed by atoms with Gasteiger partial charge in [0, 0.05) is 13.3 Å². The number of esters is 1. The quantitative estimate of drug-likeness (QED) is 0.0604. The fourth-order valence-electron chi connectivity index (χ4n) is 5.51. The van der Waals surface area contributed by atoms with Crippen LogP contribution >= 0.6 is 0 Å². The molecule has 0 aromatic rings. The fraction of sp³-hybridized carbons (Fsp3) is 0.938. The summed E-state index contributed by atoms with van der Waals surface area (Å²) in [5, 5.41) is 77.9. The molecule has 0 aromatic heterocycles. The summed E-state index contributed by atoms with van der Waals surface area (Å²) in [6.45, 7) is 1.23. The molecule has 8 N–H and O–H groups in total. The number of aliphatic hydroxyl groups is 7. The van der Waals surface area contributed by atoms with Gasteiger partial charge in [0.15, 0.2) is 6.29 Å². The van der Waals surface area contributed by atoms with Crippen molar-refractivity contribution in [2.45, 2.75) is 171 Å². The number of aliphatic hydroxyl groups excluding tert-OH is 7. The van der Waals surface area contributed by atoms with Crippen LogP contribution in [0.2, 0.25) is 0 Å². The van der Waals surface area contributed by atoms with Crippen LogP contribution in [0.25, 0.3) is 0 Å². The van der Waals surface area contributed by atoms with Crippen LogP contribution in [0.4, 0.5) is 0 Å². The first-order valence-electron chi connectivity index (χ1n) is 16.9. The lowest BCUT2D eigenvalue weighted by Crippen LogP contribution is -2.62. The van der Waals surface area contributed by atoms with E-state index in [1.165, 1.54) is 70.6 Å². The number of carbonyl (C=O) groups excluding carboxylic acids is 1. The van der Waals surface area contributed by atoms with Crippen LogP contribution in [0, 0.1) is 0 Å². The number of carbonyl (C=O) groups is 2. The third-order valence-electron chi connectivity index (χ3n) is 8.28. The molecular formula is C32H60O14. The molecule has 2 rings (SSSR count). The molecule has 14 nitrogen and oxygen atoms in total. The summed E-state index contributed by atoms with van der Waals surface area (Å²) < 4.78 is 21.5. The molecule has 14 heteroatoms. The van der Waals surface area contributed by atoms with E-state index in [0.717, 1.165) is 26.2 Å². The third-order valence-corrected chi connectivity index (χ3v) is 8.28. The first kappa shape index (κ1) is 42.6. The molecule has 46 heavy (non-hydrogen) atoms. The summed E-state index contributed by atoms with van der Waals surface area (Å²) in [6.07, 6.45) is 5.52. The minimum Gasteiger partial charge on any atom is -0.481 e. The largest absolute Gasteiger partial charge is 0.481 e. The molecule has 0 aliphatic carbocycles. The predicted molar refractivity (Wildman–Crippen MR) is 165 cm³/mol. The molecule has 2 aliphatic heterocycles. The molecule has 0 amide bonds. The van der Waals surface area contributed by atoms with Crippen LogP contribution < -0.4 is 0 Å². The Hall–Kier alpha value is -1.46. The van der Waals surface area contributed by atoms with Gasteiger partial charge in [-0.15, -0.1) is 0 Å². The average molecular weight is 669 g/mol. The molecule has 272 valence electrons. The van der Waals surface area contributed by atoms with E-state index < -0.39 is 86.6 Å². The molecule has 0 aromatic carbocycles. The van der Waals surface area contributed by atoms with E-state index in [1.54, 1.807) is 0 Å². The van der Waals surface area contributed by atoms with Crippen LogP contribution in [0.1, 0.15) is 117 Å². The van der Waals surface area contributed by atoms with Crippen molar-refractivity contribution in [3.8, 4) is 0 Å². The smallest absolute Gasteiger partial charge is 0.305 e. The maximum atomic E-state index is 12.2. The number of aliphatic carboxylic acids is 1. The van der Waals surface area contributed by atoms with Crippen LogP contribution in [-0.2, 0) is 28.5 Å². The Morgan fingerprint density at radius 3 is 1.61 bits per heavy atom. The van der Waals surface area contributed by atoms with Gasteiger partial charge in [-0.1, -0.05) is 96.8 Å². The zero-order valence-corrected chi connectivity index (χ0v) is 27.6. The van der Waals surface area contributed by atoms with Gasteiger partial charge in [-0.25, -0.2) is 0 Å². The highest BCUT2D eigenvalue weighted by Gasteiger charge is 2.58. The summed E-state index contributed by atoms with van der Waals surface area (Å²) in [4.78, 5) is 21.2. The Balaban J connectivity index is 0.00000249. The number of rotatable bonds is 22. The summed E-state index contributed by atoms with van der Waals surface area (Å²) in [5.41, 5.74) is 0. The van der Waals surface area contributed by atoms with E-state index in [0.29, 0.717) is 6.42 Å². The topological polar surface area (TPSA) is 233 Å². The lowest BCUT2D eigenvalue weighted by Gasteiger charge is -2.43. The molecule has 0 spiro atoms. The lowest BCUT2D eigenvalue weighted by molar-refractivity contribution is -0.383. The van der Waals surface area contributed by atoms with Crippen LogP contribution in [0.5, 0.6) is 0 Å². The Bertz CT molecular complexity index is 812. The molecule has 9 atom stereocenters. The second-order valence-corrected chi connectivity index (χ2v) is 12.3. The maximum Gasteiger partial charge on any atom is 0.305 e. The van der Waals surface area contributed by atoms with Gasteiger partial charge in [-0.2, -0.15) is 0 Å². The first-order chi connectivity index (χ1) is 21.9. The number of hydrogen-bond donors (Lipinski definition) is 8. The Morgan fingerprint density at radius 1 is 0.696 bits per heavy atom. The molecule has 0 bridgehead atoms. The van der Waals surface area contributed by atoms with Crippen molar-refractivity contribution < 1.29 is 69.4 Å². The van der Waals surface area contributed by atoms with Crippen LogP contribution in [0.3, 0.4) is 0 Å². The number of carboxylic acid groups (broad SMARTS) is 1. The zero-order valence-electron chi connectivity index (χ0n) is 27.6. The standard InChI is InChI=1S/C30H56O12.C2H4O2/c1-2-3-4-5-6-7-8-9-10-11-12-13-14-15-16-17-23(33)39-19-22-24(34)26(36)27(37)29(40-22)42-30(20-32)28(38)25(35)21(18-31)41-30;1-2(3)4/h21-22,24-29,31-32,34-38H,2-20H2,1H3;1H3,(H,3,4)/t21-,22-,24-,25-,26+,27-,28+,29-,30+;/m1./s1. The van der Waals surface area contributed by atoms with Gasteiger partial charge < -0.3 is 59.8 Å². The van der Waals surface area contributed by atoms with E-state index in [1.807, 2.05) is 0 Å². The van der Waals surface area contributed by atoms with Crippen molar-refractivity contribution >= 4 is 11.9 Å². The molecule has 2 aliphatic rings.